The fourth-order valence-corrected chi connectivity index (χ4v) is 1.73. The summed E-state index contributed by atoms with van der Waals surface area (Å²) in [4.78, 5) is 16.1. The van der Waals surface area contributed by atoms with Crippen LogP contribution in [0.15, 0.2) is 48.7 Å². The molecular weight excluding hydrogens is 238 g/mol. The number of hydrogen-bond donors (Lipinski definition) is 1. The molecule has 4 nitrogen and oxygen atoms in total. The van der Waals surface area contributed by atoms with Gasteiger partial charge in [0.05, 0.1) is 6.07 Å². The quantitative estimate of drug-likeness (QED) is 0.911. The number of nitrogens with zero attached hydrogens (tertiary/aromatic N) is 2. The first-order valence-corrected chi connectivity index (χ1v) is 5.89. The van der Waals surface area contributed by atoms with Gasteiger partial charge in [0.25, 0.3) is 0 Å². The fraction of sp³-hybridized carbons (Fsp3) is 0.133. The molecular formula is C15H13N3O. The second-order valence-corrected chi connectivity index (χ2v) is 4.18. The number of carbonyl (C=O) groups excluding carboxylic acids is 1. The molecule has 2 rings (SSSR count). The standard InChI is InChI=1S/C15H13N3O/c1-11-7-8-17-14(9-11)18-15(19)13(10-16)12-5-3-2-4-6-12/h2-9,13H,1H3,(H,17,18,19). The lowest BCUT2D eigenvalue weighted by Gasteiger charge is -2.10. The van der Waals surface area contributed by atoms with Crippen molar-refractivity contribution in [3.05, 3.63) is 59.8 Å². The summed E-state index contributed by atoms with van der Waals surface area (Å²) in [5, 5.41) is 11.8. The number of nitriles is 1. The van der Waals surface area contributed by atoms with Crippen molar-refractivity contribution in [3.63, 3.8) is 0 Å². The van der Waals surface area contributed by atoms with Gasteiger partial charge in [-0.25, -0.2) is 4.98 Å². The van der Waals surface area contributed by atoms with Gasteiger partial charge in [-0.15, -0.1) is 0 Å². The summed E-state index contributed by atoms with van der Waals surface area (Å²) in [6.07, 6.45) is 1.62. The predicted octanol–water partition coefficient (Wildman–Crippen LogP) is 2.64. The van der Waals surface area contributed by atoms with Crippen LogP contribution in [-0.2, 0) is 4.79 Å². The van der Waals surface area contributed by atoms with Gasteiger partial charge >= 0.3 is 0 Å². The van der Waals surface area contributed by atoms with E-state index in [1.807, 2.05) is 25.1 Å². The Balaban J connectivity index is 2.17. The Morgan fingerprint density at radius 2 is 2.05 bits per heavy atom. The third-order valence-electron chi connectivity index (χ3n) is 2.69. The average Bonchev–Trinajstić information content (AvgIpc) is 2.41. The van der Waals surface area contributed by atoms with Gasteiger partial charge in [-0.2, -0.15) is 5.26 Å². The molecule has 0 spiro atoms. The molecule has 0 aliphatic rings. The molecule has 1 N–H and O–H groups in total. The highest BCUT2D eigenvalue weighted by Gasteiger charge is 2.20. The summed E-state index contributed by atoms with van der Waals surface area (Å²) >= 11 is 0. The lowest BCUT2D eigenvalue weighted by atomic mass is 10.00. The number of pyridine rings is 1. The maximum Gasteiger partial charge on any atom is 0.247 e. The minimum Gasteiger partial charge on any atom is -0.309 e. The summed E-state index contributed by atoms with van der Waals surface area (Å²) in [5.74, 6) is -0.739. The van der Waals surface area contributed by atoms with Gasteiger partial charge < -0.3 is 5.32 Å². The van der Waals surface area contributed by atoms with Crippen molar-refractivity contribution in [1.82, 2.24) is 4.98 Å². The molecule has 0 fully saturated rings. The Morgan fingerprint density at radius 3 is 2.68 bits per heavy atom. The first-order valence-electron chi connectivity index (χ1n) is 5.89. The molecule has 2 aromatic rings. The van der Waals surface area contributed by atoms with E-state index in [9.17, 15) is 4.79 Å². The Morgan fingerprint density at radius 1 is 1.32 bits per heavy atom. The number of carbonyl (C=O) groups is 1. The van der Waals surface area contributed by atoms with Crippen molar-refractivity contribution in [2.24, 2.45) is 0 Å². The van der Waals surface area contributed by atoms with Crippen molar-refractivity contribution in [2.45, 2.75) is 12.8 Å². The van der Waals surface area contributed by atoms with E-state index in [-0.39, 0.29) is 5.91 Å². The van der Waals surface area contributed by atoms with E-state index in [4.69, 9.17) is 5.26 Å². The number of aryl methyl sites for hydroxylation is 1. The van der Waals surface area contributed by atoms with Crippen LogP contribution in [0.1, 0.15) is 17.0 Å². The Bertz CT molecular complexity index is 617. The van der Waals surface area contributed by atoms with E-state index in [2.05, 4.69) is 10.3 Å². The Hall–Kier alpha value is -2.67. The number of anilines is 1. The molecule has 0 aliphatic carbocycles. The van der Waals surface area contributed by atoms with Crippen LogP contribution in [0.25, 0.3) is 0 Å². The number of amides is 1. The number of rotatable bonds is 3. The van der Waals surface area contributed by atoms with Crippen LogP contribution < -0.4 is 5.32 Å². The second kappa shape index (κ2) is 5.78. The molecule has 94 valence electrons. The van der Waals surface area contributed by atoms with Crippen molar-refractivity contribution >= 4 is 11.7 Å². The smallest absolute Gasteiger partial charge is 0.247 e. The highest BCUT2D eigenvalue weighted by atomic mass is 16.1. The van der Waals surface area contributed by atoms with Crippen LogP contribution in [0.2, 0.25) is 0 Å². The van der Waals surface area contributed by atoms with E-state index < -0.39 is 5.92 Å². The monoisotopic (exact) mass is 251 g/mol. The van der Waals surface area contributed by atoms with E-state index >= 15 is 0 Å². The van der Waals surface area contributed by atoms with E-state index in [0.717, 1.165) is 5.56 Å². The SMILES string of the molecule is Cc1ccnc(NC(=O)C(C#N)c2ccccc2)c1. The highest BCUT2D eigenvalue weighted by molar-refractivity contribution is 5.97. The van der Waals surface area contributed by atoms with Crippen LogP contribution in [0.4, 0.5) is 5.82 Å². The van der Waals surface area contributed by atoms with Gasteiger partial charge in [-0.05, 0) is 30.2 Å². The topological polar surface area (TPSA) is 65.8 Å². The molecule has 0 bridgehead atoms. The summed E-state index contributed by atoms with van der Waals surface area (Å²) in [6.45, 7) is 1.91. The summed E-state index contributed by atoms with van der Waals surface area (Å²) in [7, 11) is 0. The highest BCUT2D eigenvalue weighted by Crippen LogP contribution is 2.17. The number of nitrogens with one attached hydrogen (secondary N) is 1. The van der Waals surface area contributed by atoms with Crippen molar-refractivity contribution in [2.75, 3.05) is 5.32 Å². The number of benzene rings is 1. The molecule has 0 saturated carbocycles. The molecule has 19 heavy (non-hydrogen) atoms. The Kier molecular flexibility index (Phi) is 3.89. The molecule has 1 aromatic carbocycles. The maximum absolute atomic E-state index is 12.1. The molecule has 1 heterocycles. The van der Waals surface area contributed by atoms with Crippen LogP contribution in [0.5, 0.6) is 0 Å². The van der Waals surface area contributed by atoms with Crippen LogP contribution in [-0.4, -0.2) is 10.9 Å². The van der Waals surface area contributed by atoms with E-state index in [1.165, 1.54) is 0 Å². The largest absolute Gasteiger partial charge is 0.309 e. The minimum atomic E-state index is -0.830. The zero-order valence-corrected chi connectivity index (χ0v) is 10.5. The van der Waals surface area contributed by atoms with Crippen LogP contribution >= 0.6 is 0 Å². The predicted molar refractivity (Wildman–Crippen MR) is 72.4 cm³/mol. The minimum absolute atomic E-state index is 0.369. The molecule has 0 saturated heterocycles. The normalized spacial score (nSPS) is 11.4. The van der Waals surface area contributed by atoms with Crippen LogP contribution in [0, 0.1) is 18.3 Å². The first kappa shape index (κ1) is 12.8. The molecule has 4 heteroatoms. The summed E-state index contributed by atoms with van der Waals surface area (Å²) in [6, 6.07) is 14.6. The lowest BCUT2D eigenvalue weighted by Crippen LogP contribution is -2.20. The van der Waals surface area contributed by atoms with Crippen LogP contribution in [0.3, 0.4) is 0 Å². The number of hydrogen-bond acceptors (Lipinski definition) is 3. The van der Waals surface area contributed by atoms with Gasteiger partial charge in [-0.1, -0.05) is 30.3 Å². The van der Waals surface area contributed by atoms with Crippen molar-refractivity contribution in [3.8, 4) is 6.07 Å². The van der Waals surface area contributed by atoms with Gasteiger partial charge in [0.2, 0.25) is 5.91 Å². The Labute approximate surface area is 111 Å². The summed E-state index contributed by atoms with van der Waals surface area (Å²) in [5.41, 5.74) is 1.67. The van der Waals surface area contributed by atoms with Gasteiger partial charge in [0, 0.05) is 6.20 Å². The first-order chi connectivity index (χ1) is 9.20. The molecule has 1 unspecified atom stereocenters. The van der Waals surface area contributed by atoms with E-state index in [1.54, 1.807) is 36.5 Å². The fourth-order valence-electron chi connectivity index (χ4n) is 1.73. The van der Waals surface area contributed by atoms with Crippen molar-refractivity contribution < 1.29 is 4.79 Å². The summed E-state index contributed by atoms with van der Waals surface area (Å²) < 4.78 is 0. The third-order valence-corrected chi connectivity index (χ3v) is 2.69. The van der Waals surface area contributed by atoms with Crippen molar-refractivity contribution in [1.29, 1.82) is 5.26 Å². The van der Waals surface area contributed by atoms with E-state index in [0.29, 0.717) is 11.4 Å². The molecule has 0 aliphatic heterocycles. The van der Waals surface area contributed by atoms with Gasteiger partial charge in [0.1, 0.15) is 5.82 Å². The lowest BCUT2D eigenvalue weighted by molar-refractivity contribution is -0.116. The zero-order valence-electron chi connectivity index (χ0n) is 10.5. The molecule has 0 radical (unpaired) electrons. The maximum atomic E-state index is 12.1. The molecule has 1 amide bonds. The third kappa shape index (κ3) is 3.17. The number of aromatic nitrogens is 1. The average molecular weight is 251 g/mol. The molecule has 1 atom stereocenters. The van der Waals surface area contributed by atoms with Gasteiger partial charge in [0.15, 0.2) is 5.92 Å². The zero-order chi connectivity index (χ0) is 13.7. The molecule has 1 aromatic heterocycles. The second-order valence-electron chi connectivity index (χ2n) is 4.18. The van der Waals surface area contributed by atoms with Gasteiger partial charge in [-0.3, -0.25) is 4.79 Å².